The Balaban J connectivity index is 2.07. The quantitative estimate of drug-likeness (QED) is 0.829. The van der Waals surface area contributed by atoms with Gasteiger partial charge in [-0.05, 0) is 24.1 Å². The normalized spacial score (nSPS) is 20.7. The van der Waals surface area contributed by atoms with E-state index in [9.17, 15) is 14.3 Å². The SMILES string of the molecule is O=C(O)c1ccc(CN2CCC(O)C2)cc1F. The lowest BCUT2D eigenvalue weighted by Gasteiger charge is -2.15. The summed E-state index contributed by atoms with van der Waals surface area (Å²) in [6.07, 6.45) is 0.425. The predicted molar refractivity (Wildman–Crippen MR) is 59.3 cm³/mol. The number of benzene rings is 1. The molecule has 1 aromatic carbocycles. The summed E-state index contributed by atoms with van der Waals surface area (Å²) in [7, 11) is 0. The summed E-state index contributed by atoms with van der Waals surface area (Å²) >= 11 is 0. The van der Waals surface area contributed by atoms with Gasteiger partial charge in [0.2, 0.25) is 0 Å². The van der Waals surface area contributed by atoms with Crippen molar-refractivity contribution in [2.75, 3.05) is 13.1 Å². The fraction of sp³-hybridized carbons (Fsp3) is 0.417. The number of carboxylic acids is 1. The minimum atomic E-state index is -1.26. The Bertz CT molecular complexity index is 436. The van der Waals surface area contributed by atoms with Gasteiger partial charge in [-0.3, -0.25) is 4.90 Å². The van der Waals surface area contributed by atoms with E-state index < -0.39 is 11.8 Å². The zero-order valence-electron chi connectivity index (χ0n) is 9.27. The molecule has 0 saturated carbocycles. The maximum Gasteiger partial charge on any atom is 0.338 e. The van der Waals surface area contributed by atoms with Crippen LogP contribution in [-0.2, 0) is 6.54 Å². The first-order valence-electron chi connectivity index (χ1n) is 5.48. The van der Waals surface area contributed by atoms with Gasteiger partial charge < -0.3 is 10.2 Å². The van der Waals surface area contributed by atoms with Gasteiger partial charge in [-0.1, -0.05) is 6.07 Å². The molecule has 1 aromatic rings. The average Bonchev–Trinajstić information content (AvgIpc) is 2.63. The molecule has 1 heterocycles. The van der Waals surface area contributed by atoms with Crippen LogP contribution < -0.4 is 0 Å². The van der Waals surface area contributed by atoms with Crippen molar-refractivity contribution in [2.45, 2.75) is 19.1 Å². The van der Waals surface area contributed by atoms with Crippen LogP contribution in [0.15, 0.2) is 18.2 Å². The highest BCUT2D eigenvalue weighted by molar-refractivity contribution is 5.87. The molecule has 17 heavy (non-hydrogen) atoms. The maximum atomic E-state index is 13.4. The second-order valence-electron chi connectivity index (χ2n) is 4.30. The van der Waals surface area contributed by atoms with Gasteiger partial charge in [0.1, 0.15) is 5.82 Å². The van der Waals surface area contributed by atoms with Gasteiger partial charge in [-0.15, -0.1) is 0 Å². The summed E-state index contributed by atoms with van der Waals surface area (Å²) in [5.74, 6) is -1.97. The number of aromatic carboxylic acids is 1. The topological polar surface area (TPSA) is 60.8 Å². The van der Waals surface area contributed by atoms with Crippen LogP contribution in [0.1, 0.15) is 22.3 Å². The van der Waals surface area contributed by atoms with E-state index in [2.05, 4.69) is 0 Å². The molecule has 0 aromatic heterocycles. The van der Waals surface area contributed by atoms with E-state index >= 15 is 0 Å². The lowest BCUT2D eigenvalue weighted by Crippen LogP contribution is -2.21. The highest BCUT2D eigenvalue weighted by atomic mass is 19.1. The molecule has 0 radical (unpaired) electrons. The number of hydrogen-bond acceptors (Lipinski definition) is 3. The molecule has 1 fully saturated rings. The van der Waals surface area contributed by atoms with Gasteiger partial charge in [-0.25, -0.2) is 9.18 Å². The molecule has 0 aliphatic carbocycles. The van der Waals surface area contributed by atoms with Crippen LogP contribution in [0, 0.1) is 5.82 Å². The van der Waals surface area contributed by atoms with E-state index in [0.717, 1.165) is 18.5 Å². The molecule has 4 nitrogen and oxygen atoms in total. The third-order valence-corrected chi connectivity index (χ3v) is 2.92. The highest BCUT2D eigenvalue weighted by Gasteiger charge is 2.20. The summed E-state index contributed by atoms with van der Waals surface area (Å²) in [6.45, 7) is 1.90. The Morgan fingerprint density at radius 2 is 2.29 bits per heavy atom. The lowest BCUT2D eigenvalue weighted by atomic mass is 10.1. The Hall–Kier alpha value is -1.46. The number of aliphatic hydroxyl groups is 1. The van der Waals surface area contributed by atoms with E-state index in [4.69, 9.17) is 5.11 Å². The fourth-order valence-corrected chi connectivity index (χ4v) is 2.04. The van der Waals surface area contributed by atoms with Crippen molar-refractivity contribution >= 4 is 5.97 Å². The Morgan fingerprint density at radius 3 is 2.82 bits per heavy atom. The number of rotatable bonds is 3. The molecule has 1 saturated heterocycles. The number of β-amino-alcohol motifs (C(OH)–C–C–N with tert-alkyl or cyclic N) is 1. The largest absolute Gasteiger partial charge is 0.478 e. The van der Waals surface area contributed by atoms with Crippen LogP contribution in [0.5, 0.6) is 0 Å². The molecule has 5 heteroatoms. The fourth-order valence-electron chi connectivity index (χ4n) is 2.04. The second-order valence-corrected chi connectivity index (χ2v) is 4.30. The summed E-state index contributed by atoms with van der Waals surface area (Å²) in [4.78, 5) is 12.7. The minimum absolute atomic E-state index is 0.307. The molecule has 1 unspecified atom stereocenters. The zero-order valence-corrected chi connectivity index (χ0v) is 9.27. The molecule has 1 atom stereocenters. The number of likely N-dealkylation sites (tertiary alicyclic amines) is 1. The van der Waals surface area contributed by atoms with Crippen LogP contribution in [0.4, 0.5) is 4.39 Å². The predicted octanol–water partition coefficient (Wildman–Crippen LogP) is 1.09. The van der Waals surface area contributed by atoms with Gasteiger partial charge in [0.05, 0.1) is 11.7 Å². The van der Waals surface area contributed by atoms with Crippen molar-refractivity contribution in [1.29, 1.82) is 0 Å². The van der Waals surface area contributed by atoms with Crippen molar-refractivity contribution in [1.82, 2.24) is 4.90 Å². The van der Waals surface area contributed by atoms with E-state index in [1.165, 1.54) is 12.1 Å². The van der Waals surface area contributed by atoms with E-state index in [1.54, 1.807) is 6.07 Å². The number of nitrogens with zero attached hydrogens (tertiary/aromatic N) is 1. The first kappa shape index (κ1) is 12.0. The molecule has 2 rings (SSSR count). The third kappa shape index (κ3) is 2.81. The average molecular weight is 239 g/mol. The first-order chi connectivity index (χ1) is 8.06. The van der Waals surface area contributed by atoms with Gasteiger partial charge >= 0.3 is 5.97 Å². The molecular formula is C12H14FNO3. The van der Waals surface area contributed by atoms with Crippen LogP contribution in [0.2, 0.25) is 0 Å². The standard InChI is InChI=1S/C12H14FNO3/c13-11-5-8(1-2-10(11)12(16)17)6-14-4-3-9(15)7-14/h1-2,5,9,15H,3-4,6-7H2,(H,16,17). The zero-order chi connectivity index (χ0) is 12.4. The smallest absolute Gasteiger partial charge is 0.338 e. The van der Waals surface area contributed by atoms with Gasteiger partial charge in [0.15, 0.2) is 0 Å². The lowest BCUT2D eigenvalue weighted by molar-refractivity contribution is 0.0692. The van der Waals surface area contributed by atoms with E-state index in [-0.39, 0.29) is 11.7 Å². The van der Waals surface area contributed by atoms with Gasteiger partial charge in [0, 0.05) is 19.6 Å². The second kappa shape index (κ2) is 4.81. The van der Waals surface area contributed by atoms with E-state index in [0.29, 0.717) is 13.1 Å². The Morgan fingerprint density at radius 1 is 1.53 bits per heavy atom. The molecule has 1 aliphatic heterocycles. The molecular weight excluding hydrogens is 225 g/mol. The number of halogens is 1. The van der Waals surface area contributed by atoms with Crippen molar-refractivity contribution in [3.8, 4) is 0 Å². The number of carbonyl (C=O) groups is 1. The van der Waals surface area contributed by atoms with Crippen LogP contribution in [-0.4, -0.2) is 40.3 Å². The third-order valence-electron chi connectivity index (χ3n) is 2.92. The van der Waals surface area contributed by atoms with Crippen LogP contribution in [0.25, 0.3) is 0 Å². The maximum absolute atomic E-state index is 13.4. The summed E-state index contributed by atoms with van der Waals surface area (Å²) < 4.78 is 13.4. The highest BCUT2D eigenvalue weighted by Crippen LogP contribution is 2.16. The van der Waals surface area contributed by atoms with Gasteiger partial charge in [0.25, 0.3) is 0 Å². The number of carboxylic acid groups (broad SMARTS) is 1. The molecule has 0 amide bonds. The summed E-state index contributed by atoms with van der Waals surface area (Å²) in [6, 6.07) is 4.13. The van der Waals surface area contributed by atoms with Gasteiger partial charge in [-0.2, -0.15) is 0 Å². The minimum Gasteiger partial charge on any atom is -0.478 e. The summed E-state index contributed by atoms with van der Waals surface area (Å²) in [5.41, 5.74) is 0.414. The Kier molecular flexibility index (Phi) is 3.40. The van der Waals surface area contributed by atoms with Crippen molar-refractivity contribution < 1.29 is 19.4 Å². The Labute approximate surface area is 98.3 Å². The van der Waals surface area contributed by atoms with Crippen LogP contribution >= 0.6 is 0 Å². The molecule has 0 spiro atoms. The van der Waals surface area contributed by atoms with Crippen molar-refractivity contribution in [3.63, 3.8) is 0 Å². The molecule has 92 valence electrons. The molecule has 0 bridgehead atoms. The van der Waals surface area contributed by atoms with Crippen LogP contribution in [0.3, 0.4) is 0 Å². The number of hydrogen-bond donors (Lipinski definition) is 2. The monoisotopic (exact) mass is 239 g/mol. The summed E-state index contributed by atoms with van der Waals surface area (Å²) in [5, 5.41) is 18.0. The van der Waals surface area contributed by atoms with Crippen molar-refractivity contribution in [3.05, 3.63) is 35.1 Å². The first-order valence-corrected chi connectivity index (χ1v) is 5.48. The number of aliphatic hydroxyl groups excluding tert-OH is 1. The molecule has 1 aliphatic rings. The van der Waals surface area contributed by atoms with E-state index in [1.807, 2.05) is 4.90 Å². The molecule has 2 N–H and O–H groups in total. The van der Waals surface area contributed by atoms with Crippen molar-refractivity contribution in [2.24, 2.45) is 0 Å².